The van der Waals surface area contributed by atoms with Crippen LogP contribution in [0.15, 0.2) is 24.3 Å². The Kier molecular flexibility index (Phi) is 68.2. The van der Waals surface area contributed by atoms with E-state index in [1.54, 1.807) is 0 Å². The molecule has 0 saturated heterocycles. The molecule has 0 spiro atoms. The van der Waals surface area contributed by atoms with Crippen molar-refractivity contribution in [2.45, 2.75) is 399 Å². The van der Waals surface area contributed by atoms with Gasteiger partial charge in [-0.2, -0.15) is 0 Å². The van der Waals surface area contributed by atoms with E-state index >= 15 is 0 Å². The number of hydrogen-bond acceptors (Lipinski definition) is 15. The minimum absolute atomic E-state index is 0.0860. The van der Waals surface area contributed by atoms with Crippen molar-refractivity contribution in [2.24, 2.45) is 0 Å². The van der Waals surface area contributed by atoms with Crippen molar-refractivity contribution in [3.63, 3.8) is 0 Å². The molecular formula is C76H144O17P2. The van der Waals surface area contributed by atoms with Crippen LogP contribution in [0.2, 0.25) is 0 Å². The van der Waals surface area contributed by atoms with Crippen molar-refractivity contribution in [1.82, 2.24) is 0 Å². The molecule has 0 aromatic carbocycles. The van der Waals surface area contributed by atoms with Crippen LogP contribution in [0.3, 0.4) is 0 Å². The van der Waals surface area contributed by atoms with Crippen molar-refractivity contribution in [2.75, 3.05) is 39.6 Å². The molecule has 0 aromatic rings. The van der Waals surface area contributed by atoms with E-state index in [9.17, 15) is 43.2 Å². The highest BCUT2D eigenvalue weighted by atomic mass is 31.2. The second-order valence-corrected chi connectivity index (χ2v) is 29.6. The van der Waals surface area contributed by atoms with Gasteiger partial charge in [0.05, 0.1) is 26.4 Å². The number of ether oxygens (including phenoxy) is 4. The van der Waals surface area contributed by atoms with E-state index in [0.29, 0.717) is 25.7 Å². The highest BCUT2D eigenvalue weighted by molar-refractivity contribution is 7.47. The van der Waals surface area contributed by atoms with E-state index < -0.39 is 97.5 Å². The topological polar surface area (TPSA) is 237 Å². The first-order valence-electron chi connectivity index (χ1n) is 39.1. The minimum Gasteiger partial charge on any atom is -0.462 e. The summed E-state index contributed by atoms with van der Waals surface area (Å²) >= 11 is 0. The lowest BCUT2D eigenvalue weighted by Gasteiger charge is -2.21. The number of aliphatic hydroxyl groups is 1. The van der Waals surface area contributed by atoms with Crippen molar-refractivity contribution >= 4 is 39.5 Å². The number of esters is 4. The maximum Gasteiger partial charge on any atom is 0.472 e. The Labute approximate surface area is 580 Å². The van der Waals surface area contributed by atoms with Crippen LogP contribution in [-0.2, 0) is 65.4 Å². The van der Waals surface area contributed by atoms with E-state index in [1.807, 2.05) is 0 Å². The van der Waals surface area contributed by atoms with Crippen LogP contribution in [0.25, 0.3) is 0 Å². The van der Waals surface area contributed by atoms with E-state index in [4.69, 9.17) is 37.0 Å². The summed E-state index contributed by atoms with van der Waals surface area (Å²) in [6.45, 7) is 4.93. The van der Waals surface area contributed by atoms with Crippen LogP contribution in [0.4, 0.5) is 0 Å². The number of aliphatic hydroxyl groups excluding tert-OH is 1. The number of allylic oxidation sites excluding steroid dienone is 4. The first-order chi connectivity index (χ1) is 46.2. The molecule has 0 aliphatic heterocycles. The largest absolute Gasteiger partial charge is 0.472 e. The molecular weight excluding hydrogens is 1250 g/mol. The summed E-state index contributed by atoms with van der Waals surface area (Å²) in [7, 11) is -9.92. The van der Waals surface area contributed by atoms with Gasteiger partial charge in [0.25, 0.3) is 0 Å². The Hall–Kier alpha value is -2.46. The molecule has 17 nitrogen and oxygen atoms in total. The zero-order valence-corrected chi connectivity index (χ0v) is 62.9. The molecule has 0 saturated carbocycles. The zero-order chi connectivity index (χ0) is 69.7. The van der Waals surface area contributed by atoms with E-state index in [0.717, 1.165) is 103 Å². The van der Waals surface area contributed by atoms with E-state index in [1.165, 1.54) is 199 Å². The van der Waals surface area contributed by atoms with Gasteiger partial charge in [0.1, 0.15) is 19.3 Å². The molecule has 0 bridgehead atoms. The summed E-state index contributed by atoms with van der Waals surface area (Å²) in [6.07, 6.45) is 63.0. The summed E-state index contributed by atoms with van der Waals surface area (Å²) in [5, 5.41) is 10.6. The molecule has 0 fully saturated rings. The highest BCUT2D eigenvalue weighted by Crippen LogP contribution is 2.45. The lowest BCUT2D eigenvalue weighted by molar-refractivity contribution is -0.161. The molecule has 3 N–H and O–H groups in total. The fourth-order valence-electron chi connectivity index (χ4n) is 11.2. The lowest BCUT2D eigenvalue weighted by atomic mass is 10.0. The van der Waals surface area contributed by atoms with E-state index in [-0.39, 0.29) is 25.7 Å². The van der Waals surface area contributed by atoms with Crippen molar-refractivity contribution < 1.29 is 80.2 Å². The zero-order valence-electron chi connectivity index (χ0n) is 61.1. The van der Waals surface area contributed by atoms with Gasteiger partial charge in [-0.05, 0) is 51.4 Å². The third kappa shape index (κ3) is 69.8. The van der Waals surface area contributed by atoms with Crippen LogP contribution in [-0.4, -0.2) is 96.7 Å². The Bertz CT molecular complexity index is 1900. The average Bonchev–Trinajstić information content (AvgIpc) is 2.02. The first-order valence-corrected chi connectivity index (χ1v) is 42.1. The maximum atomic E-state index is 13.1. The van der Waals surface area contributed by atoms with Gasteiger partial charge < -0.3 is 33.8 Å². The SMILES string of the molecule is CCCCCC/C=C\C=C/CCCCCCCC(=O)O[C@H](COC(=O)CCCCCCCCCCCCCCCC)COP(=O)(O)OC[C@@H](O)COP(=O)(O)OC[C@@H](COC(=O)CCCCCCCCCCCCCCC)OC(=O)CCCCCCCCCCCCCCC. The van der Waals surface area contributed by atoms with Crippen LogP contribution in [0, 0.1) is 0 Å². The summed E-state index contributed by atoms with van der Waals surface area (Å²) in [5.41, 5.74) is 0. The third-order valence-electron chi connectivity index (χ3n) is 17.2. The third-order valence-corrected chi connectivity index (χ3v) is 19.1. The minimum atomic E-state index is -4.96. The Morgan fingerprint density at radius 1 is 0.295 bits per heavy atom. The molecule has 0 aliphatic carbocycles. The molecule has 19 heteroatoms. The first kappa shape index (κ1) is 92.5. The van der Waals surface area contributed by atoms with Gasteiger partial charge in [-0.3, -0.25) is 37.3 Å². The number of rotatable bonds is 75. The molecule has 0 radical (unpaired) electrons. The van der Waals surface area contributed by atoms with Crippen LogP contribution < -0.4 is 0 Å². The number of hydrogen-bond donors (Lipinski definition) is 3. The summed E-state index contributed by atoms with van der Waals surface area (Å²) < 4.78 is 68.5. The summed E-state index contributed by atoms with van der Waals surface area (Å²) in [5.74, 6) is -2.14. The summed E-state index contributed by atoms with van der Waals surface area (Å²) in [6, 6.07) is 0. The normalized spacial score (nSPS) is 14.1. The maximum absolute atomic E-state index is 13.1. The van der Waals surface area contributed by atoms with Crippen LogP contribution in [0.5, 0.6) is 0 Å². The average molecular weight is 1390 g/mol. The molecule has 560 valence electrons. The predicted molar refractivity (Wildman–Crippen MR) is 386 cm³/mol. The molecule has 5 atom stereocenters. The Morgan fingerprint density at radius 2 is 0.505 bits per heavy atom. The smallest absolute Gasteiger partial charge is 0.462 e. The number of phosphoric ester groups is 2. The van der Waals surface area contributed by atoms with Gasteiger partial charge in [0.2, 0.25) is 0 Å². The second-order valence-electron chi connectivity index (χ2n) is 26.7. The van der Waals surface area contributed by atoms with Crippen LogP contribution >= 0.6 is 15.6 Å². The molecule has 95 heavy (non-hydrogen) atoms. The molecule has 0 heterocycles. The molecule has 0 rings (SSSR count). The molecule has 0 aliphatic rings. The van der Waals surface area contributed by atoms with Crippen LogP contribution in [0.1, 0.15) is 381 Å². The van der Waals surface area contributed by atoms with Gasteiger partial charge >= 0.3 is 39.5 Å². The quantitative estimate of drug-likeness (QED) is 0.0169. The molecule has 2 unspecified atom stereocenters. The van der Waals surface area contributed by atoms with Gasteiger partial charge in [-0.15, -0.1) is 0 Å². The van der Waals surface area contributed by atoms with Crippen molar-refractivity contribution in [3.8, 4) is 0 Å². The number of unbranched alkanes of at least 4 members (excludes halogenated alkanes) is 46. The highest BCUT2D eigenvalue weighted by Gasteiger charge is 2.30. The van der Waals surface area contributed by atoms with Gasteiger partial charge in [0.15, 0.2) is 12.2 Å². The summed E-state index contributed by atoms with van der Waals surface area (Å²) in [4.78, 5) is 72.8. The fraction of sp³-hybridized carbons (Fsp3) is 0.895. The molecule has 0 amide bonds. The van der Waals surface area contributed by atoms with E-state index in [2.05, 4.69) is 52.0 Å². The molecule has 0 aromatic heterocycles. The van der Waals surface area contributed by atoms with Crippen molar-refractivity contribution in [3.05, 3.63) is 24.3 Å². The number of carbonyl (C=O) groups excluding carboxylic acids is 4. The predicted octanol–water partition coefficient (Wildman–Crippen LogP) is 22.2. The fourth-order valence-corrected chi connectivity index (χ4v) is 12.8. The monoisotopic (exact) mass is 1390 g/mol. The Morgan fingerprint density at radius 3 is 0.768 bits per heavy atom. The van der Waals surface area contributed by atoms with Gasteiger partial charge in [-0.1, -0.05) is 328 Å². The van der Waals surface area contributed by atoms with Crippen molar-refractivity contribution in [1.29, 1.82) is 0 Å². The number of carbonyl (C=O) groups is 4. The second kappa shape index (κ2) is 70.0. The number of phosphoric acid groups is 2. The van der Waals surface area contributed by atoms with Gasteiger partial charge in [0, 0.05) is 25.7 Å². The Balaban J connectivity index is 5.30. The lowest BCUT2D eigenvalue weighted by Crippen LogP contribution is -2.30. The van der Waals surface area contributed by atoms with Gasteiger partial charge in [-0.25, -0.2) is 9.13 Å². The standard InChI is InChI=1S/C76H144O17P2/c1-5-9-13-17-21-25-29-33-35-39-43-47-51-55-59-63-76(81)93-72(67-87-74(79)61-57-53-49-45-41-38-34-30-26-22-18-14-10-6-2)69-91-95(84,85)89-65-70(77)64-88-94(82,83)90-68-71(92-75(80)62-58-54-50-46-42-37-32-28-24-20-16-12-8-4)66-86-73(78)60-56-52-48-44-40-36-31-27-23-19-15-11-7-3/h25,29,33,35,70-72,77H,5-24,26-28,30-32,34,36-69H2,1-4H3,(H,82,83)(H,84,85)/b29-25-,35-33-/t70-,71+,72+/m0/s1.